The molecule has 5 nitrogen and oxygen atoms in total. The zero-order chi connectivity index (χ0) is 19.5. The molecule has 1 heterocycles. The van der Waals surface area contributed by atoms with Crippen molar-refractivity contribution in [3.8, 4) is 5.75 Å². The van der Waals surface area contributed by atoms with Crippen LogP contribution in [-0.4, -0.2) is 15.9 Å². The maximum absolute atomic E-state index is 12.3. The van der Waals surface area contributed by atoms with Crippen molar-refractivity contribution >= 4 is 55.9 Å². The number of benzene rings is 3. The van der Waals surface area contributed by atoms with Crippen molar-refractivity contribution in [3.05, 3.63) is 88.1 Å². The zero-order valence-electron chi connectivity index (χ0n) is 14.4. The lowest BCUT2D eigenvalue weighted by Crippen LogP contribution is -2.08. The fourth-order valence-electron chi connectivity index (χ4n) is 2.65. The first-order valence-corrected chi connectivity index (χ1v) is 9.51. The summed E-state index contributed by atoms with van der Waals surface area (Å²) in [5.41, 5.74) is 1.99. The summed E-state index contributed by atoms with van der Waals surface area (Å²) in [6.07, 6.45) is 1.50. The molecule has 4 aromatic rings. The quantitative estimate of drug-likeness (QED) is 0.302. The minimum Gasteiger partial charge on any atom is -0.423 e. The summed E-state index contributed by atoms with van der Waals surface area (Å²) in [4.78, 5) is 20.9. The lowest BCUT2D eigenvalue weighted by atomic mass is 10.2. The molecule has 0 radical (unpaired) electrons. The average Bonchev–Trinajstić information content (AvgIpc) is 2.69. The first kappa shape index (κ1) is 18.4. The van der Waals surface area contributed by atoms with E-state index in [0.29, 0.717) is 22.2 Å². The van der Waals surface area contributed by atoms with E-state index in [9.17, 15) is 4.79 Å². The van der Waals surface area contributed by atoms with Gasteiger partial charge in [0.05, 0.1) is 11.1 Å². The molecule has 28 heavy (non-hydrogen) atoms. The molecule has 0 fully saturated rings. The van der Waals surface area contributed by atoms with Crippen molar-refractivity contribution < 1.29 is 9.53 Å². The van der Waals surface area contributed by atoms with Crippen molar-refractivity contribution in [2.45, 2.75) is 0 Å². The number of hydrogen-bond donors (Lipinski definition) is 1. The third-order valence-electron chi connectivity index (χ3n) is 3.98. The molecule has 0 saturated heterocycles. The molecule has 1 aromatic heterocycles. The van der Waals surface area contributed by atoms with Crippen LogP contribution in [0.15, 0.2) is 77.5 Å². The van der Waals surface area contributed by atoms with Crippen molar-refractivity contribution in [1.29, 1.82) is 0 Å². The molecular weight excluding hydrogens is 442 g/mol. The maximum Gasteiger partial charge on any atom is 0.343 e. The van der Waals surface area contributed by atoms with Crippen LogP contribution in [0.4, 0.5) is 11.5 Å². The molecule has 4 rings (SSSR count). The van der Waals surface area contributed by atoms with Crippen molar-refractivity contribution in [1.82, 2.24) is 9.97 Å². The topological polar surface area (TPSA) is 64.1 Å². The van der Waals surface area contributed by atoms with Gasteiger partial charge in [-0.05, 0) is 54.6 Å². The van der Waals surface area contributed by atoms with Crippen LogP contribution >= 0.6 is 27.5 Å². The van der Waals surface area contributed by atoms with E-state index in [1.165, 1.54) is 6.33 Å². The summed E-state index contributed by atoms with van der Waals surface area (Å²) in [6, 6.07) is 19.4. The Labute approximate surface area is 174 Å². The van der Waals surface area contributed by atoms with E-state index < -0.39 is 5.97 Å². The molecule has 0 unspecified atom stereocenters. The number of nitrogens with one attached hydrogen (secondary N) is 1. The first-order chi connectivity index (χ1) is 13.6. The minimum absolute atomic E-state index is 0.421. The van der Waals surface area contributed by atoms with E-state index in [2.05, 4.69) is 31.2 Å². The second-order valence-corrected chi connectivity index (χ2v) is 7.29. The van der Waals surface area contributed by atoms with Gasteiger partial charge in [0.25, 0.3) is 0 Å². The number of aromatic nitrogens is 2. The number of ether oxygens (including phenoxy) is 1. The number of halogens is 2. The van der Waals surface area contributed by atoms with E-state index in [4.69, 9.17) is 16.3 Å². The van der Waals surface area contributed by atoms with Crippen LogP contribution in [-0.2, 0) is 0 Å². The number of fused-ring (bicyclic) bond motifs is 1. The third kappa shape index (κ3) is 4.13. The van der Waals surface area contributed by atoms with Gasteiger partial charge >= 0.3 is 5.97 Å². The molecule has 1 N–H and O–H groups in total. The summed E-state index contributed by atoms with van der Waals surface area (Å²) in [5, 5.41) is 4.69. The predicted octanol–water partition coefficient (Wildman–Crippen LogP) is 6.01. The van der Waals surface area contributed by atoms with Gasteiger partial charge in [-0.2, -0.15) is 0 Å². The van der Waals surface area contributed by atoms with Gasteiger partial charge in [0.2, 0.25) is 0 Å². The van der Waals surface area contributed by atoms with Crippen LogP contribution in [0.25, 0.3) is 10.9 Å². The molecular formula is C21H13BrClN3O2. The Morgan fingerprint density at radius 1 is 1.00 bits per heavy atom. The van der Waals surface area contributed by atoms with E-state index >= 15 is 0 Å². The molecule has 0 atom stereocenters. The Bertz CT molecular complexity index is 1170. The number of carbonyl (C=O) groups is 1. The van der Waals surface area contributed by atoms with Crippen molar-refractivity contribution in [2.75, 3.05) is 5.32 Å². The largest absolute Gasteiger partial charge is 0.423 e. The summed E-state index contributed by atoms with van der Waals surface area (Å²) >= 11 is 9.32. The van der Waals surface area contributed by atoms with E-state index in [0.717, 1.165) is 21.1 Å². The molecule has 0 aliphatic carbocycles. The van der Waals surface area contributed by atoms with Gasteiger partial charge < -0.3 is 10.1 Å². The van der Waals surface area contributed by atoms with Crippen LogP contribution in [0.1, 0.15) is 10.4 Å². The van der Waals surface area contributed by atoms with Gasteiger partial charge in [-0.1, -0.05) is 33.6 Å². The number of hydrogen-bond acceptors (Lipinski definition) is 5. The highest BCUT2D eigenvalue weighted by molar-refractivity contribution is 9.10. The molecule has 0 amide bonds. The van der Waals surface area contributed by atoms with E-state index in [1.54, 1.807) is 42.5 Å². The van der Waals surface area contributed by atoms with Crippen molar-refractivity contribution in [3.63, 3.8) is 0 Å². The number of anilines is 2. The Morgan fingerprint density at radius 2 is 1.82 bits per heavy atom. The fraction of sp³-hybridized carbons (Fsp3) is 0. The highest BCUT2D eigenvalue weighted by atomic mass is 79.9. The fourth-order valence-corrected chi connectivity index (χ4v) is 3.14. The third-order valence-corrected chi connectivity index (χ3v) is 4.73. The monoisotopic (exact) mass is 453 g/mol. The molecule has 0 aliphatic heterocycles. The zero-order valence-corrected chi connectivity index (χ0v) is 16.7. The normalized spacial score (nSPS) is 10.6. The van der Waals surface area contributed by atoms with E-state index in [-0.39, 0.29) is 0 Å². The lowest BCUT2D eigenvalue weighted by Gasteiger charge is -2.10. The molecule has 0 aliphatic rings. The van der Waals surface area contributed by atoms with Gasteiger partial charge in [0, 0.05) is 26.6 Å². The first-order valence-electron chi connectivity index (χ1n) is 8.33. The molecule has 7 heteroatoms. The Hall–Kier alpha value is -2.96. The Balaban J connectivity index is 1.57. The van der Waals surface area contributed by atoms with Gasteiger partial charge in [-0.25, -0.2) is 14.8 Å². The van der Waals surface area contributed by atoms with Crippen LogP contribution < -0.4 is 10.1 Å². The van der Waals surface area contributed by atoms with Crippen LogP contribution in [0, 0.1) is 0 Å². The van der Waals surface area contributed by atoms with Gasteiger partial charge in [0.15, 0.2) is 0 Å². The second-order valence-electron chi connectivity index (χ2n) is 5.93. The SMILES string of the molecule is O=C(Oc1cccc(Nc2ncnc3ccc(Br)cc23)c1)c1ccc(Cl)cc1. The van der Waals surface area contributed by atoms with Gasteiger partial charge in [-0.15, -0.1) is 0 Å². The van der Waals surface area contributed by atoms with Crippen LogP contribution in [0.2, 0.25) is 5.02 Å². The highest BCUT2D eigenvalue weighted by Crippen LogP contribution is 2.27. The summed E-state index contributed by atoms with van der Waals surface area (Å²) in [5.74, 6) is 0.627. The standard InChI is InChI=1S/C21H13BrClN3O2/c22-14-6-9-19-18(10-14)20(25-12-24-19)26-16-2-1-3-17(11-16)28-21(27)13-4-7-15(23)8-5-13/h1-12H,(H,24,25,26). The second kappa shape index (κ2) is 7.96. The molecule has 0 saturated carbocycles. The maximum atomic E-state index is 12.3. The minimum atomic E-state index is -0.453. The summed E-state index contributed by atoms with van der Waals surface area (Å²) in [7, 11) is 0. The van der Waals surface area contributed by atoms with Crippen molar-refractivity contribution in [2.24, 2.45) is 0 Å². The number of esters is 1. The predicted molar refractivity (Wildman–Crippen MR) is 113 cm³/mol. The molecule has 0 spiro atoms. The number of rotatable bonds is 4. The number of carbonyl (C=O) groups excluding carboxylic acids is 1. The average molecular weight is 455 g/mol. The molecule has 138 valence electrons. The Kier molecular flexibility index (Phi) is 5.23. The van der Waals surface area contributed by atoms with Gasteiger partial charge in [-0.3, -0.25) is 0 Å². The van der Waals surface area contributed by atoms with E-state index in [1.807, 2.05) is 24.3 Å². The molecule has 3 aromatic carbocycles. The summed E-state index contributed by atoms with van der Waals surface area (Å²) < 4.78 is 6.40. The molecule has 0 bridgehead atoms. The smallest absolute Gasteiger partial charge is 0.343 e. The summed E-state index contributed by atoms with van der Waals surface area (Å²) in [6.45, 7) is 0. The van der Waals surface area contributed by atoms with Gasteiger partial charge in [0.1, 0.15) is 17.9 Å². The number of nitrogens with zero attached hydrogens (tertiary/aromatic N) is 2. The lowest BCUT2D eigenvalue weighted by molar-refractivity contribution is 0.0735. The Morgan fingerprint density at radius 3 is 2.64 bits per heavy atom. The van der Waals surface area contributed by atoms with Crippen LogP contribution in [0.3, 0.4) is 0 Å². The highest BCUT2D eigenvalue weighted by Gasteiger charge is 2.10. The van der Waals surface area contributed by atoms with Crippen LogP contribution in [0.5, 0.6) is 5.75 Å².